The monoisotopic (exact) mass is 212 g/mol. The molecule has 1 saturated carbocycles. The minimum Gasteiger partial charge on any atom is -0.396 e. The number of hydrogen-bond donors (Lipinski definition) is 3. The predicted molar refractivity (Wildman–Crippen MR) is 59.2 cm³/mol. The van der Waals surface area contributed by atoms with Crippen LogP contribution in [0.2, 0.25) is 0 Å². The molecule has 0 heterocycles. The fourth-order valence-corrected chi connectivity index (χ4v) is 1.62. The van der Waals surface area contributed by atoms with Crippen molar-refractivity contribution in [3.63, 3.8) is 0 Å². The van der Waals surface area contributed by atoms with E-state index in [0.29, 0.717) is 13.0 Å². The first kappa shape index (κ1) is 12.2. The predicted octanol–water partition coefficient (Wildman–Crippen LogP) is 0.169. The molecule has 0 saturated heterocycles. The third-order valence-corrected chi connectivity index (χ3v) is 2.99. The molecule has 4 heteroatoms. The Balaban J connectivity index is 2.24. The van der Waals surface area contributed by atoms with Crippen molar-refractivity contribution < 1.29 is 9.90 Å². The van der Waals surface area contributed by atoms with Gasteiger partial charge in [-0.1, -0.05) is 6.08 Å². The van der Waals surface area contributed by atoms with E-state index >= 15 is 0 Å². The molecule has 0 aliphatic heterocycles. The van der Waals surface area contributed by atoms with Crippen molar-refractivity contribution >= 4 is 5.91 Å². The van der Waals surface area contributed by atoms with Crippen LogP contribution < -0.4 is 11.1 Å². The lowest BCUT2D eigenvalue weighted by Gasteiger charge is -2.16. The smallest absolute Gasteiger partial charge is 0.237 e. The number of nitrogens with two attached hydrogens (primary N) is 1. The highest BCUT2D eigenvalue weighted by atomic mass is 16.3. The standard InChI is InChI=1S/C11H20N2O2/c1-2-3-9(12)10(15)13-8-11(4-5-11)6-7-14/h2,9,14H,1,3-8,12H2,(H,13,15). The number of amides is 1. The van der Waals surface area contributed by atoms with Crippen LogP contribution in [0.5, 0.6) is 0 Å². The number of hydrogen-bond acceptors (Lipinski definition) is 3. The summed E-state index contributed by atoms with van der Waals surface area (Å²) in [5.41, 5.74) is 5.77. The number of rotatable bonds is 7. The molecule has 0 spiro atoms. The summed E-state index contributed by atoms with van der Waals surface area (Å²) in [5.74, 6) is -0.126. The summed E-state index contributed by atoms with van der Waals surface area (Å²) in [6, 6.07) is -0.493. The maximum atomic E-state index is 11.5. The molecule has 4 nitrogen and oxygen atoms in total. The lowest BCUT2D eigenvalue weighted by molar-refractivity contribution is -0.122. The number of aliphatic hydroxyl groups is 1. The maximum absolute atomic E-state index is 11.5. The lowest BCUT2D eigenvalue weighted by atomic mass is 10.0. The normalized spacial score (nSPS) is 19.3. The number of aliphatic hydroxyl groups excluding tert-OH is 1. The lowest BCUT2D eigenvalue weighted by Crippen LogP contribution is -2.42. The van der Waals surface area contributed by atoms with Crippen molar-refractivity contribution in [2.75, 3.05) is 13.2 Å². The van der Waals surface area contributed by atoms with Gasteiger partial charge in [-0.2, -0.15) is 0 Å². The van der Waals surface area contributed by atoms with Gasteiger partial charge in [-0.25, -0.2) is 0 Å². The van der Waals surface area contributed by atoms with Gasteiger partial charge in [-0.3, -0.25) is 4.79 Å². The zero-order chi connectivity index (χ0) is 11.3. The van der Waals surface area contributed by atoms with E-state index in [-0.39, 0.29) is 17.9 Å². The molecule has 1 fully saturated rings. The molecule has 1 unspecified atom stereocenters. The molecule has 0 aromatic heterocycles. The molecule has 15 heavy (non-hydrogen) atoms. The second-order valence-electron chi connectivity index (χ2n) is 4.32. The summed E-state index contributed by atoms with van der Waals surface area (Å²) >= 11 is 0. The van der Waals surface area contributed by atoms with Gasteiger partial charge in [0.25, 0.3) is 0 Å². The molecule has 1 aliphatic carbocycles. The quantitative estimate of drug-likeness (QED) is 0.526. The number of carbonyl (C=O) groups excluding carboxylic acids is 1. The van der Waals surface area contributed by atoms with Gasteiger partial charge in [0.1, 0.15) is 0 Å². The van der Waals surface area contributed by atoms with Gasteiger partial charge in [0.2, 0.25) is 5.91 Å². The van der Waals surface area contributed by atoms with Crippen LogP contribution in [0.25, 0.3) is 0 Å². The van der Waals surface area contributed by atoms with Gasteiger partial charge in [-0.15, -0.1) is 6.58 Å². The summed E-state index contributed by atoms with van der Waals surface area (Å²) in [7, 11) is 0. The van der Waals surface area contributed by atoms with E-state index in [4.69, 9.17) is 10.8 Å². The van der Waals surface area contributed by atoms with Crippen molar-refractivity contribution in [3.8, 4) is 0 Å². The summed E-state index contributed by atoms with van der Waals surface area (Å²) in [4.78, 5) is 11.5. The summed E-state index contributed by atoms with van der Waals surface area (Å²) in [6.45, 7) is 4.37. The summed E-state index contributed by atoms with van der Waals surface area (Å²) in [6.07, 6.45) is 5.09. The van der Waals surface area contributed by atoms with Crippen molar-refractivity contribution in [2.24, 2.45) is 11.1 Å². The van der Waals surface area contributed by atoms with E-state index in [2.05, 4.69) is 11.9 Å². The largest absolute Gasteiger partial charge is 0.396 e. The maximum Gasteiger partial charge on any atom is 0.237 e. The van der Waals surface area contributed by atoms with Crippen LogP contribution in [0, 0.1) is 5.41 Å². The molecule has 0 aromatic carbocycles. The van der Waals surface area contributed by atoms with Gasteiger partial charge >= 0.3 is 0 Å². The van der Waals surface area contributed by atoms with Crippen LogP contribution >= 0.6 is 0 Å². The van der Waals surface area contributed by atoms with E-state index in [1.807, 2.05) is 0 Å². The highest BCUT2D eigenvalue weighted by Crippen LogP contribution is 2.47. The van der Waals surface area contributed by atoms with Crippen molar-refractivity contribution in [2.45, 2.75) is 31.7 Å². The van der Waals surface area contributed by atoms with Crippen LogP contribution in [-0.2, 0) is 4.79 Å². The van der Waals surface area contributed by atoms with Gasteiger partial charge in [0.15, 0.2) is 0 Å². The third kappa shape index (κ3) is 3.64. The van der Waals surface area contributed by atoms with Crippen LogP contribution in [-0.4, -0.2) is 30.2 Å². The molecule has 1 aliphatic rings. The Bertz CT molecular complexity index is 237. The minimum absolute atomic E-state index is 0.126. The number of nitrogens with one attached hydrogen (secondary N) is 1. The third-order valence-electron chi connectivity index (χ3n) is 2.99. The SMILES string of the molecule is C=CCC(N)C(=O)NCC1(CCO)CC1. The zero-order valence-electron chi connectivity index (χ0n) is 9.04. The summed E-state index contributed by atoms with van der Waals surface area (Å²) in [5, 5.41) is 11.7. The first-order valence-corrected chi connectivity index (χ1v) is 5.38. The Labute approximate surface area is 90.5 Å². The molecule has 1 atom stereocenters. The Morgan fingerprint density at radius 2 is 2.33 bits per heavy atom. The average Bonchev–Trinajstić information content (AvgIpc) is 2.96. The van der Waals surface area contributed by atoms with Gasteiger partial charge in [-0.05, 0) is 31.1 Å². The molecule has 1 amide bonds. The van der Waals surface area contributed by atoms with Crippen LogP contribution in [0.3, 0.4) is 0 Å². The van der Waals surface area contributed by atoms with Gasteiger partial charge < -0.3 is 16.2 Å². The fraction of sp³-hybridized carbons (Fsp3) is 0.727. The molecule has 0 bridgehead atoms. The van der Waals surface area contributed by atoms with Gasteiger partial charge in [0, 0.05) is 13.2 Å². The Morgan fingerprint density at radius 3 is 2.80 bits per heavy atom. The van der Waals surface area contributed by atoms with Crippen molar-refractivity contribution in [3.05, 3.63) is 12.7 Å². The number of carbonyl (C=O) groups is 1. The van der Waals surface area contributed by atoms with Gasteiger partial charge in [0.05, 0.1) is 6.04 Å². The van der Waals surface area contributed by atoms with Crippen LogP contribution in [0.4, 0.5) is 0 Å². The summed E-state index contributed by atoms with van der Waals surface area (Å²) < 4.78 is 0. The van der Waals surface area contributed by atoms with E-state index < -0.39 is 6.04 Å². The Morgan fingerprint density at radius 1 is 1.67 bits per heavy atom. The van der Waals surface area contributed by atoms with Crippen molar-refractivity contribution in [1.82, 2.24) is 5.32 Å². The molecule has 86 valence electrons. The average molecular weight is 212 g/mol. The Kier molecular flexibility index (Phi) is 4.29. The van der Waals surface area contributed by atoms with Crippen molar-refractivity contribution in [1.29, 1.82) is 0 Å². The topological polar surface area (TPSA) is 75.4 Å². The molecular formula is C11H20N2O2. The van der Waals surface area contributed by atoms with E-state index in [1.165, 1.54) is 0 Å². The minimum atomic E-state index is -0.493. The molecule has 1 rings (SSSR count). The Hall–Kier alpha value is -0.870. The zero-order valence-corrected chi connectivity index (χ0v) is 9.04. The van der Waals surface area contributed by atoms with E-state index in [0.717, 1.165) is 19.3 Å². The molecule has 0 aromatic rings. The first-order chi connectivity index (χ1) is 7.13. The highest BCUT2D eigenvalue weighted by Gasteiger charge is 2.41. The molecule has 4 N–H and O–H groups in total. The van der Waals surface area contributed by atoms with E-state index in [1.54, 1.807) is 6.08 Å². The van der Waals surface area contributed by atoms with Crippen LogP contribution in [0.1, 0.15) is 25.7 Å². The molecule has 0 radical (unpaired) electrons. The second-order valence-corrected chi connectivity index (χ2v) is 4.32. The second kappa shape index (κ2) is 5.28. The highest BCUT2D eigenvalue weighted by molar-refractivity contribution is 5.81. The van der Waals surface area contributed by atoms with Crippen LogP contribution in [0.15, 0.2) is 12.7 Å². The van der Waals surface area contributed by atoms with E-state index in [9.17, 15) is 4.79 Å². The first-order valence-electron chi connectivity index (χ1n) is 5.38. The molecular weight excluding hydrogens is 192 g/mol. The fourth-order valence-electron chi connectivity index (χ4n) is 1.62.